The number of hydrogen-bond donors (Lipinski definition) is 2. The molecule has 1 aromatic rings. The molecule has 0 spiro atoms. The smallest absolute Gasteiger partial charge is 0.307 e. The fourth-order valence-corrected chi connectivity index (χ4v) is 4.29. The Hall–Kier alpha value is -1.66. The van der Waals surface area contributed by atoms with Crippen LogP contribution in [0, 0.1) is 26.7 Å². The van der Waals surface area contributed by atoms with Crippen molar-refractivity contribution in [2.45, 2.75) is 44.9 Å². The van der Waals surface area contributed by atoms with Crippen LogP contribution >= 0.6 is 0 Å². The lowest BCUT2D eigenvalue weighted by atomic mass is 9.97. The van der Waals surface area contributed by atoms with E-state index in [1.165, 1.54) is 12.8 Å². The van der Waals surface area contributed by atoms with E-state index < -0.39 is 16.0 Å². The average molecular weight is 337 g/mol. The van der Waals surface area contributed by atoms with Gasteiger partial charge in [0.25, 0.3) is 0 Å². The van der Waals surface area contributed by atoms with Crippen LogP contribution in [0.2, 0.25) is 0 Å². The second-order valence-electron chi connectivity index (χ2n) is 6.13. The maximum Gasteiger partial charge on any atom is 0.307 e. The monoisotopic (exact) mass is 337 g/mol. The number of sulfonamides is 1. The third-order valence-corrected chi connectivity index (χ3v) is 5.79. The highest BCUT2D eigenvalue weighted by molar-refractivity contribution is 7.89. The van der Waals surface area contributed by atoms with Gasteiger partial charge in [0.2, 0.25) is 10.0 Å². The van der Waals surface area contributed by atoms with E-state index in [1.54, 1.807) is 26.8 Å². The summed E-state index contributed by atoms with van der Waals surface area (Å²) in [6.07, 6.45) is 6.05. The van der Waals surface area contributed by atoms with Gasteiger partial charge in [0, 0.05) is 6.54 Å². The van der Waals surface area contributed by atoms with Crippen molar-refractivity contribution in [2.24, 2.45) is 5.92 Å². The van der Waals surface area contributed by atoms with Crippen LogP contribution in [0.5, 0.6) is 0 Å². The zero-order chi connectivity index (χ0) is 17.2. The van der Waals surface area contributed by atoms with Gasteiger partial charge in [-0.05, 0) is 61.8 Å². The minimum Gasteiger partial charge on any atom is -0.481 e. The number of carbonyl (C=O) groups is 1. The van der Waals surface area contributed by atoms with Gasteiger partial charge in [-0.3, -0.25) is 4.79 Å². The molecule has 0 aromatic heterocycles. The van der Waals surface area contributed by atoms with Crippen LogP contribution in [0.4, 0.5) is 0 Å². The molecule has 0 amide bonds. The van der Waals surface area contributed by atoms with Crippen LogP contribution in [-0.4, -0.2) is 26.0 Å². The highest BCUT2D eigenvalue weighted by Gasteiger charge is 2.23. The molecular weight excluding hydrogens is 314 g/mol. The summed E-state index contributed by atoms with van der Waals surface area (Å²) in [7, 11) is -3.67. The Kier molecular flexibility index (Phi) is 5.26. The highest BCUT2D eigenvalue weighted by atomic mass is 32.2. The maximum absolute atomic E-state index is 12.6. The topological polar surface area (TPSA) is 83.5 Å². The van der Waals surface area contributed by atoms with E-state index in [0.29, 0.717) is 22.6 Å². The number of allylic oxidation sites excluding steroid dienone is 1. The number of benzene rings is 1. The number of carboxylic acids is 1. The van der Waals surface area contributed by atoms with Crippen LogP contribution < -0.4 is 4.72 Å². The van der Waals surface area contributed by atoms with E-state index in [2.05, 4.69) is 4.72 Å². The number of carboxylic acid groups (broad SMARTS) is 1. The summed E-state index contributed by atoms with van der Waals surface area (Å²) in [5.41, 5.74) is 2.52. The molecule has 23 heavy (non-hydrogen) atoms. The average Bonchev–Trinajstić information content (AvgIpc) is 3.23. The van der Waals surface area contributed by atoms with E-state index in [4.69, 9.17) is 5.11 Å². The summed E-state index contributed by atoms with van der Waals surface area (Å²) in [5, 5.41) is 9.04. The van der Waals surface area contributed by atoms with Crippen molar-refractivity contribution >= 4 is 16.0 Å². The van der Waals surface area contributed by atoms with Gasteiger partial charge >= 0.3 is 5.97 Å². The first kappa shape index (κ1) is 17.7. The Morgan fingerprint density at radius 3 is 2.52 bits per heavy atom. The van der Waals surface area contributed by atoms with Crippen LogP contribution in [0.1, 0.15) is 35.1 Å². The van der Waals surface area contributed by atoms with E-state index >= 15 is 0 Å². The molecule has 2 rings (SSSR count). The van der Waals surface area contributed by atoms with E-state index in [1.807, 2.05) is 12.2 Å². The molecule has 2 N–H and O–H groups in total. The van der Waals surface area contributed by atoms with Crippen LogP contribution in [-0.2, 0) is 21.2 Å². The van der Waals surface area contributed by atoms with Gasteiger partial charge in [0.15, 0.2) is 0 Å². The van der Waals surface area contributed by atoms with Gasteiger partial charge < -0.3 is 5.11 Å². The summed E-state index contributed by atoms with van der Waals surface area (Å²) >= 11 is 0. The van der Waals surface area contributed by atoms with Gasteiger partial charge in [-0.25, -0.2) is 13.1 Å². The van der Waals surface area contributed by atoms with Crippen molar-refractivity contribution in [1.29, 1.82) is 0 Å². The standard InChI is InChI=1S/C17H23NO4S/c1-11-9-12(2)17(13(3)15(11)10-16(19)20)23(21,22)18-8-4-5-14-6-7-14/h4-5,9,14,18H,6-8,10H2,1-3H3,(H,19,20). The van der Waals surface area contributed by atoms with Crippen molar-refractivity contribution in [1.82, 2.24) is 4.72 Å². The molecule has 0 unspecified atom stereocenters. The predicted octanol–water partition coefficient (Wildman–Crippen LogP) is 2.48. The molecule has 1 aromatic carbocycles. The minimum atomic E-state index is -3.67. The molecule has 1 aliphatic carbocycles. The van der Waals surface area contributed by atoms with Gasteiger partial charge in [0.05, 0.1) is 11.3 Å². The Morgan fingerprint density at radius 2 is 1.96 bits per heavy atom. The number of aryl methyl sites for hydroxylation is 2. The van der Waals surface area contributed by atoms with Gasteiger partial charge in [-0.1, -0.05) is 18.2 Å². The van der Waals surface area contributed by atoms with Crippen LogP contribution in [0.15, 0.2) is 23.1 Å². The number of hydrogen-bond acceptors (Lipinski definition) is 3. The minimum absolute atomic E-state index is 0.179. The molecule has 0 atom stereocenters. The van der Waals surface area contributed by atoms with Gasteiger partial charge in [-0.15, -0.1) is 0 Å². The second-order valence-corrected chi connectivity index (χ2v) is 7.83. The van der Waals surface area contributed by atoms with Crippen molar-refractivity contribution in [3.05, 3.63) is 40.5 Å². The molecule has 1 fully saturated rings. The molecular formula is C17H23NO4S. The van der Waals surface area contributed by atoms with Gasteiger partial charge in [-0.2, -0.15) is 0 Å². The number of rotatable bonds is 7. The van der Waals surface area contributed by atoms with E-state index in [-0.39, 0.29) is 17.9 Å². The third-order valence-electron chi connectivity index (χ3n) is 4.08. The molecule has 0 radical (unpaired) electrons. The van der Waals surface area contributed by atoms with Crippen molar-refractivity contribution < 1.29 is 18.3 Å². The summed E-state index contributed by atoms with van der Waals surface area (Å²) in [4.78, 5) is 11.2. The maximum atomic E-state index is 12.6. The molecule has 0 bridgehead atoms. The fourth-order valence-electron chi connectivity index (χ4n) is 2.82. The zero-order valence-electron chi connectivity index (χ0n) is 13.7. The highest BCUT2D eigenvalue weighted by Crippen LogP contribution is 2.30. The summed E-state index contributed by atoms with van der Waals surface area (Å²) in [6.45, 7) is 5.46. The van der Waals surface area contributed by atoms with Crippen molar-refractivity contribution in [3.8, 4) is 0 Å². The second kappa shape index (κ2) is 6.84. The molecule has 1 aliphatic rings. The van der Waals surface area contributed by atoms with Crippen molar-refractivity contribution in [3.63, 3.8) is 0 Å². The Labute approximate surface area is 137 Å². The molecule has 0 aliphatic heterocycles. The molecule has 5 nitrogen and oxygen atoms in total. The lowest BCUT2D eigenvalue weighted by molar-refractivity contribution is -0.136. The molecule has 0 heterocycles. The fraction of sp³-hybridized carbons (Fsp3) is 0.471. The first-order chi connectivity index (χ1) is 10.7. The normalized spacial score (nSPS) is 15.3. The summed E-state index contributed by atoms with van der Waals surface area (Å²) in [5.74, 6) is -0.367. The summed E-state index contributed by atoms with van der Waals surface area (Å²) in [6, 6.07) is 1.74. The molecule has 126 valence electrons. The Bertz CT molecular complexity index is 746. The Balaban J connectivity index is 2.30. The first-order valence-electron chi connectivity index (χ1n) is 7.70. The molecule has 1 saturated carbocycles. The first-order valence-corrected chi connectivity index (χ1v) is 9.18. The predicted molar refractivity (Wildman–Crippen MR) is 89.0 cm³/mol. The van der Waals surface area contributed by atoms with Gasteiger partial charge in [0.1, 0.15) is 0 Å². The number of aliphatic carboxylic acids is 1. The van der Waals surface area contributed by atoms with E-state index in [9.17, 15) is 13.2 Å². The number of nitrogens with one attached hydrogen (secondary N) is 1. The molecule has 6 heteroatoms. The third kappa shape index (κ3) is 4.42. The van der Waals surface area contributed by atoms with E-state index in [0.717, 1.165) is 5.56 Å². The zero-order valence-corrected chi connectivity index (χ0v) is 14.5. The lowest BCUT2D eigenvalue weighted by Crippen LogP contribution is -2.26. The SMILES string of the molecule is Cc1cc(C)c(S(=O)(=O)NCC=CC2CC2)c(C)c1CC(=O)O. The summed E-state index contributed by atoms with van der Waals surface area (Å²) < 4.78 is 27.8. The Morgan fingerprint density at radius 1 is 1.30 bits per heavy atom. The molecule has 0 saturated heterocycles. The quantitative estimate of drug-likeness (QED) is 0.749. The largest absolute Gasteiger partial charge is 0.481 e. The lowest BCUT2D eigenvalue weighted by Gasteiger charge is -2.16. The van der Waals surface area contributed by atoms with Crippen molar-refractivity contribution in [2.75, 3.05) is 6.54 Å². The van der Waals surface area contributed by atoms with Crippen LogP contribution in [0.25, 0.3) is 0 Å². The van der Waals surface area contributed by atoms with Crippen LogP contribution in [0.3, 0.4) is 0 Å².